The minimum Gasteiger partial charge on any atom is -0.654 e. The molecule has 0 aliphatic carbocycles. The van der Waals surface area contributed by atoms with Gasteiger partial charge in [-0.15, -0.1) is 22.7 Å². The van der Waals surface area contributed by atoms with E-state index in [2.05, 4.69) is 221 Å². The number of rotatable bonds is 6. The maximum Gasteiger partial charge on any atom is 2.00 e. The molecule has 9 aromatic rings. The summed E-state index contributed by atoms with van der Waals surface area (Å²) < 4.78 is 0. The molecule has 0 atom stereocenters. The van der Waals surface area contributed by atoms with Crippen LogP contribution in [0.4, 0.5) is 28.4 Å². The standard InChI is InChI=1S/C31H34N3.C30H30N3.Fe/c1-20-12-9-10-14-24(20)25-17-23(31(5,6)7)19-27(29(25)32-8)34-26-18-22(30(2,3)4)16-21-13-11-15-33-28(21)26;1-29(2,3)21-14-19-11-9-13-31-27(19)25(16-21)33-26-17-22(30(4,5)6)15-24-23-12-8-7-10-20(23)18-32-28(24)26;/h9-19H,8H2,1-7H3;7-18H,1-6H3;/q2*-1;+2. The van der Waals surface area contributed by atoms with E-state index in [-0.39, 0.29) is 38.7 Å². The molecule has 6 aromatic carbocycles. The van der Waals surface area contributed by atoms with Crippen molar-refractivity contribution >= 4 is 78.6 Å². The van der Waals surface area contributed by atoms with Gasteiger partial charge in [0.25, 0.3) is 0 Å². The minimum absolute atomic E-state index is 0. The van der Waals surface area contributed by atoms with Crippen LogP contribution in [0.3, 0.4) is 0 Å². The summed E-state index contributed by atoms with van der Waals surface area (Å²) in [7, 11) is 0. The SMILES string of the molecule is C=Nc1c([N-]c2cc(C(C)(C)C)cc3cccnc23)cc(C(C)(C)C)cc1-c1ccccc1C.CC(C)(C)c1cc([N-]c2cc(C(C)(C)C)cc3c2ncc2ccccc23)c2ncccc2c1.[Fe+2]. The van der Waals surface area contributed by atoms with E-state index in [1.165, 1.54) is 33.2 Å². The topological polar surface area (TPSA) is 79.2 Å². The van der Waals surface area contributed by atoms with E-state index in [1.54, 1.807) is 0 Å². The summed E-state index contributed by atoms with van der Waals surface area (Å²) in [6, 6.07) is 42.7. The fraction of sp³-hybridized carbons (Fsp3) is 0.279. The number of pyridine rings is 3. The molecule has 0 radical (unpaired) electrons. The average molecular weight is 937 g/mol. The van der Waals surface area contributed by atoms with Gasteiger partial charge in [0.15, 0.2) is 0 Å². The van der Waals surface area contributed by atoms with Crippen molar-refractivity contribution < 1.29 is 17.1 Å². The average Bonchev–Trinajstić information content (AvgIpc) is 3.27. The van der Waals surface area contributed by atoms with E-state index in [1.807, 2.05) is 30.7 Å². The number of benzene rings is 6. The molecule has 3 heterocycles. The molecule has 0 aliphatic rings. The van der Waals surface area contributed by atoms with E-state index in [0.717, 1.165) is 77.7 Å². The van der Waals surface area contributed by atoms with Crippen LogP contribution >= 0.6 is 0 Å². The van der Waals surface area contributed by atoms with Crippen molar-refractivity contribution in [2.24, 2.45) is 4.99 Å². The molecule has 0 unspecified atom stereocenters. The molecule has 7 heteroatoms. The first kappa shape index (κ1) is 49.5. The molecule has 0 aliphatic heterocycles. The van der Waals surface area contributed by atoms with Crippen LogP contribution in [-0.2, 0) is 38.7 Å². The second-order valence-electron chi connectivity index (χ2n) is 22.0. The summed E-state index contributed by atoms with van der Waals surface area (Å²) in [4.78, 5) is 18.7. The molecular weight excluding hydrogens is 873 g/mol. The van der Waals surface area contributed by atoms with Gasteiger partial charge in [-0.05, 0) is 121 Å². The number of hydrogen-bond acceptors (Lipinski definition) is 4. The molecule has 0 N–H and O–H groups in total. The number of nitrogens with zero attached hydrogens (tertiary/aromatic N) is 6. The Labute approximate surface area is 414 Å². The van der Waals surface area contributed by atoms with Crippen LogP contribution in [0.25, 0.3) is 65.2 Å². The molecule has 3 aromatic heterocycles. The molecule has 0 saturated heterocycles. The van der Waals surface area contributed by atoms with Gasteiger partial charge in [-0.1, -0.05) is 168 Å². The second kappa shape index (κ2) is 18.9. The van der Waals surface area contributed by atoms with Gasteiger partial charge in [0.1, 0.15) is 0 Å². The van der Waals surface area contributed by atoms with Gasteiger partial charge in [-0.3, -0.25) is 19.9 Å². The monoisotopic (exact) mass is 936 g/mol. The third-order valence-corrected chi connectivity index (χ3v) is 12.7. The summed E-state index contributed by atoms with van der Waals surface area (Å²) in [5.41, 5.74) is 15.3. The van der Waals surface area contributed by atoms with Gasteiger partial charge in [-0.2, -0.15) is 0 Å². The summed E-state index contributed by atoms with van der Waals surface area (Å²) in [5.74, 6) is 0. The molecule has 0 amide bonds. The Kier molecular flexibility index (Phi) is 13.8. The third kappa shape index (κ3) is 10.4. The summed E-state index contributed by atoms with van der Waals surface area (Å²) in [6.07, 6.45) is 5.62. The van der Waals surface area contributed by atoms with Gasteiger partial charge >= 0.3 is 17.1 Å². The van der Waals surface area contributed by atoms with Gasteiger partial charge in [0.05, 0.1) is 22.2 Å². The molecule has 346 valence electrons. The number of aryl methyl sites for hydroxylation is 1. The Morgan fingerprint density at radius 2 is 0.868 bits per heavy atom. The quantitative estimate of drug-likeness (QED) is 0.0946. The van der Waals surface area contributed by atoms with Crippen molar-refractivity contribution in [1.82, 2.24) is 15.0 Å². The fourth-order valence-corrected chi connectivity index (χ4v) is 8.49. The van der Waals surface area contributed by atoms with Crippen LogP contribution in [0.2, 0.25) is 0 Å². The third-order valence-electron chi connectivity index (χ3n) is 12.7. The van der Waals surface area contributed by atoms with E-state index in [0.29, 0.717) is 0 Å². The van der Waals surface area contributed by atoms with E-state index >= 15 is 0 Å². The normalized spacial score (nSPS) is 12.1. The van der Waals surface area contributed by atoms with Crippen LogP contribution in [0.5, 0.6) is 0 Å². The molecule has 0 spiro atoms. The fourth-order valence-electron chi connectivity index (χ4n) is 8.49. The van der Waals surface area contributed by atoms with Crippen LogP contribution in [0.1, 0.15) is 111 Å². The van der Waals surface area contributed by atoms with Crippen molar-refractivity contribution in [2.45, 2.75) is 112 Å². The van der Waals surface area contributed by atoms with E-state index in [4.69, 9.17) is 15.6 Å². The van der Waals surface area contributed by atoms with Gasteiger partial charge in [0.2, 0.25) is 0 Å². The zero-order valence-corrected chi connectivity index (χ0v) is 43.1. The summed E-state index contributed by atoms with van der Waals surface area (Å²) in [5, 5.41) is 16.1. The number of fused-ring (bicyclic) bond motifs is 5. The molecule has 0 saturated carbocycles. The summed E-state index contributed by atoms with van der Waals surface area (Å²) in [6.45, 7) is 32.9. The van der Waals surface area contributed by atoms with Crippen molar-refractivity contribution in [3.05, 3.63) is 178 Å². The zero-order valence-electron chi connectivity index (χ0n) is 42.0. The smallest absolute Gasteiger partial charge is 0.654 e. The predicted octanol–water partition coefficient (Wildman–Crippen LogP) is 18.3. The van der Waals surface area contributed by atoms with Crippen LogP contribution in [-0.4, -0.2) is 21.7 Å². The Hall–Kier alpha value is -6.40. The van der Waals surface area contributed by atoms with Crippen molar-refractivity contribution in [3.8, 4) is 11.1 Å². The molecule has 6 nitrogen and oxygen atoms in total. The molecule has 0 fully saturated rings. The molecule has 9 rings (SSSR count). The first-order valence-corrected chi connectivity index (χ1v) is 23.4. The Bertz CT molecular complexity index is 3320. The zero-order chi connectivity index (χ0) is 48.1. The maximum absolute atomic E-state index is 5.23. The van der Waals surface area contributed by atoms with Crippen LogP contribution in [0, 0.1) is 6.92 Å². The van der Waals surface area contributed by atoms with Gasteiger partial charge in [-0.25, -0.2) is 0 Å². The second-order valence-corrected chi connectivity index (χ2v) is 22.0. The predicted molar refractivity (Wildman–Crippen MR) is 289 cm³/mol. The maximum atomic E-state index is 5.23. The Morgan fingerprint density at radius 1 is 0.426 bits per heavy atom. The Balaban J connectivity index is 0.000000198. The molecule has 0 bridgehead atoms. The first-order valence-electron chi connectivity index (χ1n) is 23.4. The van der Waals surface area contributed by atoms with E-state index < -0.39 is 0 Å². The number of hydrogen-bond donors (Lipinski definition) is 0. The molecular formula is C61H64FeN6. The van der Waals surface area contributed by atoms with Gasteiger partial charge in [0, 0.05) is 34.9 Å². The molecule has 68 heavy (non-hydrogen) atoms. The minimum atomic E-state index is -0.0466. The van der Waals surface area contributed by atoms with Crippen molar-refractivity contribution in [1.29, 1.82) is 0 Å². The first-order chi connectivity index (χ1) is 31.6. The van der Waals surface area contributed by atoms with Crippen molar-refractivity contribution in [2.75, 3.05) is 0 Å². The number of aliphatic imine (C=N–C) groups is 1. The largest absolute Gasteiger partial charge is 2.00 e. The van der Waals surface area contributed by atoms with Crippen LogP contribution in [0.15, 0.2) is 145 Å². The van der Waals surface area contributed by atoms with Crippen LogP contribution < -0.4 is 0 Å². The van der Waals surface area contributed by atoms with Gasteiger partial charge < -0.3 is 10.6 Å². The van der Waals surface area contributed by atoms with E-state index in [9.17, 15) is 0 Å². The summed E-state index contributed by atoms with van der Waals surface area (Å²) >= 11 is 0. The Morgan fingerprint density at radius 3 is 1.40 bits per heavy atom. The number of aromatic nitrogens is 3. The van der Waals surface area contributed by atoms with Crippen molar-refractivity contribution in [3.63, 3.8) is 0 Å².